The van der Waals surface area contributed by atoms with Crippen LogP contribution in [0, 0.1) is 0 Å². The van der Waals surface area contributed by atoms with Crippen molar-refractivity contribution in [3.8, 4) is 16.9 Å². The number of phenols is 1. The van der Waals surface area contributed by atoms with E-state index in [0.29, 0.717) is 5.52 Å². The topological polar surface area (TPSA) is 112 Å². The second-order valence-electron chi connectivity index (χ2n) is 8.11. The molecule has 0 radical (unpaired) electrons. The number of carbonyl (C=O) groups is 2. The van der Waals surface area contributed by atoms with Crippen molar-refractivity contribution in [1.29, 1.82) is 0 Å². The van der Waals surface area contributed by atoms with E-state index < -0.39 is 18.1 Å². The summed E-state index contributed by atoms with van der Waals surface area (Å²) in [7, 11) is 0. The second-order valence-corrected chi connectivity index (χ2v) is 8.11. The quantitative estimate of drug-likeness (QED) is 0.353. The van der Waals surface area contributed by atoms with E-state index in [4.69, 9.17) is 4.74 Å². The van der Waals surface area contributed by atoms with Crippen molar-refractivity contribution in [3.63, 3.8) is 0 Å². The molecule has 0 bridgehead atoms. The van der Waals surface area contributed by atoms with E-state index in [2.05, 4.69) is 22.4 Å². The van der Waals surface area contributed by atoms with E-state index in [1.807, 2.05) is 36.4 Å². The van der Waals surface area contributed by atoms with E-state index in [0.717, 1.165) is 33.2 Å². The first-order valence-electron chi connectivity index (χ1n) is 10.6. The van der Waals surface area contributed by atoms with Crippen LogP contribution in [0.3, 0.4) is 0 Å². The number of fused-ring (bicyclic) bond motifs is 4. The lowest BCUT2D eigenvalue weighted by molar-refractivity contribution is -0.139. The fraction of sp³-hybridized carbons (Fsp3) is 0.154. The third-order valence-electron chi connectivity index (χ3n) is 6.11. The van der Waals surface area contributed by atoms with Crippen LogP contribution in [0.5, 0.6) is 5.75 Å². The van der Waals surface area contributed by atoms with Crippen LogP contribution in [0.4, 0.5) is 4.79 Å². The number of aromatic hydroxyl groups is 1. The number of aliphatic carboxylic acids is 1. The van der Waals surface area contributed by atoms with Crippen molar-refractivity contribution in [1.82, 2.24) is 10.3 Å². The van der Waals surface area contributed by atoms with E-state index in [9.17, 15) is 19.8 Å². The zero-order chi connectivity index (χ0) is 22.9. The molecular weight excluding hydrogens is 420 g/mol. The Labute approximate surface area is 189 Å². The van der Waals surface area contributed by atoms with Gasteiger partial charge in [-0.05, 0) is 39.9 Å². The summed E-state index contributed by atoms with van der Waals surface area (Å²) in [6, 6.07) is 19.7. The lowest BCUT2D eigenvalue weighted by Gasteiger charge is -2.17. The average Bonchev–Trinajstić information content (AvgIpc) is 3.35. The van der Waals surface area contributed by atoms with Gasteiger partial charge in [0.25, 0.3) is 0 Å². The Morgan fingerprint density at radius 2 is 1.67 bits per heavy atom. The number of benzene rings is 3. The predicted octanol–water partition coefficient (Wildman–Crippen LogP) is 4.41. The van der Waals surface area contributed by atoms with Crippen molar-refractivity contribution in [2.75, 3.05) is 6.61 Å². The van der Waals surface area contributed by atoms with E-state index >= 15 is 0 Å². The molecule has 1 aliphatic carbocycles. The highest BCUT2D eigenvalue weighted by Crippen LogP contribution is 2.44. The molecule has 0 fully saturated rings. The number of amides is 1. The maximum absolute atomic E-state index is 12.5. The molecule has 33 heavy (non-hydrogen) atoms. The largest absolute Gasteiger partial charge is 0.508 e. The third kappa shape index (κ3) is 3.89. The first-order chi connectivity index (χ1) is 16.0. The van der Waals surface area contributed by atoms with E-state index in [1.54, 1.807) is 18.3 Å². The zero-order valence-electron chi connectivity index (χ0n) is 17.6. The number of carboxylic acids is 1. The molecule has 1 aliphatic rings. The van der Waals surface area contributed by atoms with Crippen LogP contribution in [-0.2, 0) is 16.0 Å². The molecule has 4 aromatic rings. The summed E-state index contributed by atoms with van der Waals surface area (Å²) in [6.45, 7) is 0.110. The fourth-order valence-electron chi connectivity index (χ4n) is 4.55. The van der Waals surface area contributed by atoms with Gasteiger partial charge in [-0.3, -0.25) is 0 Å². The molecule has 7 heteroatoms. The number of hydrogen-bond donors (Lipinski definition) is 4. The lowest BCUT2D eigenvalue weighted by atomic mass is 9.98. The van der Waals surface area contributed by atoms with E-state index in [1.165, 1.54) is 6.07 Å². The molecule has 1 heterocycles. The van der Waals surface area contributed by atoms with Crippen LogP contribution in [0.25, 0.3) is 22.0 Å². The number of aromatic nitrogens is 1. The van der Waals surface area contributed by atoms with Gasteiger partial charge in [0, 0.05) is 35.5 Å². The van der Waals surface area contributed by atoms with Gasteiger partial charge in [-0.1, -0.05) is 48.5 Å². The predicted molar refractivity (Wildman–Crippen MR) is 123 cm³/mol. The Balaban J connectivity index is 1.28. The summed E-state index contributed by atoms with van der Waals surface area (Å²) in [6.07, 6.45) is 0.978. The number of alkyl carbamates (subject to hydrolysis) is 1. The maximum Gasteiger partial charge on any atom is 0.407 e. The van der Waals surface area contributed by atoms with Gasteiger partial charge in [0.1, 0.15) is 18.4 Å². The number of carboxylic acid groups (broad SMARTS) is 1. The van der Waals surface area contributed by atoms with Crippen molar-refractivity contribution < 1.29 is 24.5 Å². The highest BCUT2D eigenvalue weighted by atomic mass is 16.5. The molecule has 0 saturated heterocycles. The van der Waals surface area contributed by atoms with Gasteiger partial charge in [0.2, 0.25) is 0 Å². The highest BCUT2D eigenvalue weighted by molar-refractivity contribution is 5.86. The Kier molecular flexibility index (Phi) is 5.22. The van der Waals surface area contributed by atoms with Gasteiger partial charge in [0.05, 0.1) is 0 Å². The molecule has 3 aromatic carbocycles. The smallest absolute Gasteiger partial charge is 0.407 e. The zero-order valence-corrected chi connectivity index (χ0v) is 17.6. The average molecular weight is 442 g/mol. The summed E-state index contributed by atoms with van der Waals surface area (Å²) in [4.78, 5) is 27.4. The summed E-state index contributed by atoms with van der Waals surface area (Å²) in [5, 5.41) is 22.5. The van der Waals surface area contributed by atoms with Gasteiger partial charge in [-0.15, -0.1) is 0 Å². The Morgan fingerprint density at radius 3 is 2.33 bits per heavy atom. The number of aromatic amines is 1. The van der Waals surface area contributed by atoms with Crippen LogP contribution in [0.2, 0.25) is 0 Å². The summed E-state index contributed by atoms with van der Waals surface area (Å²) >= 11 is 0. The van der Waals surface area contributed by atoms with Gasteiger partial charge >= 0.3 is 12.1 Å². The first kappa shape index (κ1) is 20.6. The Bertz CT molecular complexity index is 1310. The molecule has 0 unspecified atom stereocenters. The first-order valence-corrected chi connectivity index (χ1v) is 10.6. The summed E-state index contributed by atoms with van der Waals surface area (Å²) in [5.74, 6) is -1.15. The third-order valence-corrected chi connectivity index (χ3v) is 6.11. The van der Waals surface area contributed by atoms with Gasteiger partial charge in [-0.2, -0.15) is 0 Å². The molecular formula is C26H22N2O5. The van der Waals surface area contributed by atoms with E-state index in [-0.39, 0.29) is 24.7 Å². The SMILES string of the molecule is O=C(N[C@@H](Cc1c[nH]c2cc(O)ccc12)C(=O)O)OCC1c2ccccc2-c2ccccc21. The van der Waals surface area contributed by atoms with Crippen LogP contribution in [0.15, 0.2) is 72.9 Å². The van der Waals surface area contributed by atoms with Crippen molar-refractivity contribution >= 4 is 23.0 Å². The van der Waals surface area contributed by atoms with Crippen LogP contribution in [0.1, 0.15) is 22.6 Å². The fourth-order valence-corrected chi connectivity index (χ4v) is 4.55. The van der Waals surface area contributed by atoms with Crippen molar-refractivity contribution in [3.05, 3.63) is 89.6 Å². The molecule has 7 nitrogen and oxygen atoms in total. The standard InChI is InChI=1S/C26H22N2O5/c29-16-9-10-17-15(13-27-23(17)12-16)11-24(25(30)31)28-26(32)33-14-22-20-7-3-1-5-18(20)19-6-2-4-8-21(19)22/h1-10,12-13,22,24,27,29H,11,14H2,(H,28,32)(H,30,31)/t24-/m0/s1. The molecule has 0 saturated carbocycles. The number of ether oxygens (including phenoxy) is 1. The van der Waals surface area contributed by atoms with Gasteiger partial charge in [0.15, 0.2) is 0 Å². The molecule has 5 rings (SSSR count). The number of rotatable bonds is 6. The molecule has 1 aromatic heterocycles. The number of phenolic OH excluding ortho intramolecular Hbond substituents is 1. The summed E-state index contributed by atoms with van der Waals surface area (Å²) < 4.78 is 5.49. The Morgan fingerprint density at radius 1 is 1.00 bits per heavy atom. The number of nitrogens with one attached hydrogen (secondary N) is 2. The molecule has 166 valence electrons. The van der Waals surface area contributed by atoms with Crippen LogP contribution in [-0.4, -0.2) is 39.9 Å². The second kappa shape index (κ2) is 8.35. The lowest BCUT2D eigenvalue weighted by Crippen LogP contribution is -2.42. The highest BCUT2D eigenvalue weighted by Gasteiger charge is 2.30. The van der Waals surface area contributed by atoms with Crippen molar-refractivity contribution in [2.24, 2.45) is 0 Å². The molecule has 0 spiro atoms. The summed E-state index contributed by atoms with van der Waals surface area (Å²) in [5.41, 5.74) is 5.82. The van der Waals surface area contributed by atoms with Crippen LogP contribution >= 0.6 is 0 Å². The normalized spacial score (nSPS) is 13.3. The number of H-pyrrole nitrogens is 1. The van der Waals surface area contributed by atoms with Crippen molar-refractivity contribution in [2.45, 2.75) is 18.4 Å². The molecule has 1 amide bonds. The molecule has 0 aliphatic heterocycles. The molecule has 1 atom stereocenters. The molecule has 4 N–H and O–H groups in total. The Hall–Kier alpha value is -4.26. The monoisotopic (exact) mass is 442 g/mol. The number of hydrogen-bond acceptors (Lipinski definition) is 4. The van der Waals surface area contributed by atoms with Gasteiger partial charge < -0.3 is 25.3 Å². The number of carbonyl (C=O) groups excluding carboxylic acids is 1. The minimum Gasteiger partial charge on any atom is -0.508 e. The van der Waals surface area contributed by atoms with Crippen LogP contribution < -0.4 is 5.32 Å². The minimum atomic E-state index is -1.16. The minimum absolute atomic E-state index is 0.0737. The van der Waals surface area contributed by atoms with Gasteiger partial charge in [-0.25, -0.2) is 9.59 Å². The maximum atomic E-state index is 12.5.